The normalized spacial score (nSPS) is 21.3. The van der Waals surface area contributed by atoms with Gasteiger partial charge in [0.05, 0.1) is 6.61 Å². The number of ether oxygens (including phenoxy) is 1. The Labute approximate surface area is 129 Å². The molecule has 0 heterocycles. The second-order valence-corrected chi connectivity index (χ2v) is 7.62. The van der Waals surface area contributed by atoms with Crippen molar-refractivity contribution in [3.8, 4) is 5.75 Å². The molecule has 0 amide bonds. The highest BCUT2D eigenvalue weighted by Gasteiger charge is 2.60. The monoisotopic (exact) mass is 287 g/mol. The first kappa shape index (κ1) is 14.9. The Morgan fingerprint density at radius 1 is 1.14 bits per heavy atom. The summed E-state index contributed by atoms with van der Waals surface area (Å²) in [5.74, 6) is 1.71. The van der Waals surface area contributed by atoms with E-state index in [2.05, 4.69) is 43.4 Å². The molecule has 2 heteroatoms. The van der Waals surface area contributed by atoms with Crippen LogP contribution in [-0.4, -0.2) is 19.7 Å². The molecule has 1 N–H and O–H groups in total. The molecule has 2 fully saturated rings. The fourth-order valence-electron chi connectivity index (χ4n) is 4.02. The van der Waals surface area contributed by atoms with Crippen molar-refractivity contribution in [1.29, 1.82) is 0 Å². The zero-order chi connectivity index (χ0) is 14.9. The van der Waals surface area contributed by atoms with E-state index in [1.165, 1.54) is 31.2 Å². The zero-order valence-electron chi connectivity index (χ0n) is 13.7. The fourth-order valence-corrected chi connectivity index (χ4v) is 4.02. The van der Waals surface area contributed by atoms with Crippen molar-refractivity contribution < 1.29 is 4.74 Å². The molecule has 1 aromatic carbocycles. The van der Waals surface area contributed by atoms with E-state index >= 15 is 0 Å². The van der Waals surface area contributed by atoms with Crippen LogP contribution in [0, 0.1) is 11.3 Å². The highest BCUT2D eigenvalue weighted by molar-refractivity contribution is 5.37. The van der Waals surface area contributed by atoms with Gasteiger partial charge in [0.25, 0.3) is 0 Å². The summed E-state index contributed by atoms with van der Waals surface area (Å²) in [6, 6.07) is 8.86. The van der Waals surface area contributed by atoms with Crippen molar-refractivity contribution >= 4 is 0 Å². The van der Waals surface area contributed by atoms with Gasteiger partial charge in [-0.3, -0.25) is 0 Å². The molecule has 2 aliphatic carbocycles. The highest BCUT2D eigenvalue weighted by Crippen LogP contribution is 2.68. The Morgan fingerprint density at radius 2 is 1.81 bits per heavy atom. The van der Waals surface area contributed by atoms with Crippen LogP contribution in [0.2, 0.25) is 0 Å². The maximum atomic E-state index is 5.58. The van der Waals surface area contributed by atoms with Crippen LogP contribution < -0.4 is 10.1 Å². The molecule has 0 radical (unpaired) electrons. The van der Waals surface area contributed by atoms with Gasteiger partial charge in [-0.15, -0.1) is 0 Å². The average molecular weight is 287 g/mol. The van der Waals surface area contributed by atoms with Crippen LogP contribution in [-0.2, 0) is 5.41 Å². The summed E-state index contributed by atoms with van der Waals surface area (Å²) >= 11 is 0. The topological polar surface area (TPSA) is 21.3 Å². The third-order valence-electron chi connectivity index (χ3n) is 5.18. The predicted molar refractivity (Wildman–Crippen MR) is 87.9 cm³/mol. The van der Waals surface area contributed by atoms with E-state index in [-0.39, 0.29) is 0 Å². The average Bonchev–Trinajstić information content (AvgIpc) is 3.19. The standard InChI is InChI=1S/C19H29NO/c1-4-21-17-7-5-16(6-8-17)19(14-20-11-15(2)3)12-18(13-19)9-10-18/h5-8,15,20H,4,9-14H2,1-3H3. The molecule has 2 saturated carbocycles. The van der Waals surface area contributed by atoms with Crippen LogP contribution in [0.5, 0.6) is 5.75 Å². The van der Waals surface area contributed by atoms with Crippen molar-refractivity contribution in [1.82, 2.24) is 5.32 Å². The second kappa shape index (κ2) is 5.64. The summed E-state index contributed by atoms with van der Waals surface area (Å²) in [5, 5.41) is 3.70. The van der Waals surface area contributed by atoms with Crippen LogP contribution in [0.25, 0.3) is 0 Å². The molecule has 1 aromatic rings. The SMILES string of the molecule is CCOc1ccc(C2(CNCC(C)C)CC3(CC3)C2)cc1. The number of nitrogens with one attached hydrogen (secondary N) is 1. The molecule has 3 rings (SSSR count). The number of benzene rings is 1. The molecule has 2 nitrogen and oxygen atoms in total. The lowest BCUT2D eigenvalue weighted by molar-refractivity contribution is 0.115. The molecule has 0 aromatic heterocycles. The number of hydrogen-bond donors (Lipinski definition) is 1. The van der Waals surface area contributed by atoms with Crippen molar-refractivity contribution in [3.05, 3.63) is 29.8 Å². The summed E-state index contributed by atoms with van der Waals surface area (Å²) in [6.45, 7) is 9.57. The third kappa shape index (κ3) is 3.11. The molecule has 0 atom stereocenters. The molecule has 0 unspecified atom stereocenters. The second-order valence-electron chi connectivity index (χ2n) is 7.62. The highest BCUT2D eigenvalue weighted by atomic mass is 16.5. The van der Waals surface area contributed by atoms with Crippen LogP contribution in [0.3, 0.4) is 0 Å². The van der Waals surface area contributed by atoms with Crippen molar-refractivity contribution in [2.45, 2.75) is 51.9 Å². The van der Waals surface area contributed by atoms with E-state index in [1.54, 1.807) is 0 Å². The largest absolute Gasteiger partial charge is 0.494 e. The molecular weight excluding hydrogens is 258 g/mol. The molecule has 1 spiro atoms. The van der Waals surface area contributed by atoms with Gasteiger partial charge in [-0.25, -0.2) is 0 Å². The minimum Gasteiger partial charge on any atom is -0.494 e. The lowest BCUT2D eigenvalue weighted by Crippen LogP contribution is -2.50. The summed E-state index contributed by atoms with van der Waals surface area (Å²) < 4.78 is 5.58. The van der Waals surface area contributed by atoms with Gasteiger partial charge in [0, 0.05) is 12.0 Å². The van der Waals surface area contributed by atoms with Gasteiger partial charge < -0.3 is 10.1 Å². The molecule has 116 valence electrons. The molecule has 0 bridgehead atoms. The maximum Gasteiger partial charge on any atom is 0.119 e. The number of rotatable bonds is 7. The minimum atomic E-state index is 0.371. The summed E-state index contributed by atoms with van der Waals surface area (Å²) in [6.07, 6.45) is 5.66. The maximum absolute atomic E-state index is 5.58. The third-order valence-corrected chi connectivity index (χ3v) is 5.18. The zero-order valence-corrected chi connectivity index (χ0v) is 13.7. The summed E-state index contributed by atoms with van der Waals surface area (Å²) in [5.41, 5.74) is 2.59. The summed E-state index contributed by atoms with van der Waals surface area (Å²) in [7, 11) is 0. The molecule has 21 heavy (non-hydrogen) atoms. The van der Waals surface area contributed by atoms with Gasteiger partial charge in [-0.1, -0.05) is 26.0 Å². The van der Waals surface area contributed by atoms with Crippen LogP contribution >= 0.6 is 0 Å². The molecule has 0 saturated heterocycles. The first-order valence-electron chi connectivity index (χ1n) is 8.52. The van der Waals surface area contributed by atoms with Gasteiger partial charge in [-0.2, -0.15) is 0 Å². The smallest absolute Gasteiger partial charge is 0.119 e. The lowest BCUT2D eigenvalue weighted by atomic mass is 9.56. The Kier molecular flexibility index (Phi) is 4.00. The fraction of sp³-hybridized carbons (Fsp3) is 0.684. The first-order valence-corrected chi connectivity index (χ1v) is 8.52. The van der Waals surface area contributed by atoms with E-state index in [0.717, 1.165) is 36.8 Å². The Bertz CT molecular complexity index is 465. The van der Waals surface area contributed by atoms with E-state index in [1.807, 2.05) is 6.92 Å². The van der Waals surface area contributed by atoms with E-state index in [4.69, 9.17) is 4.74 Å². The minimum absolute atomic E-state index is 0.371. The first-order chi connectivity index (χ1) is 10.1. The van der Waals surface area contributed by atoms with Gasteiger partial charge in [-0.05, 0) is 68.2 Å². The summed E-state index contributed by atoms with van der Waals surface area (Å²) in [4.78, 5) is 0. The quantitative estimate of drug-likeness (QED) is 0.813. The Balaban J connectivity index is 1.69. The van der Waals surface area contributed by atoms with Crippen molar-refractivity contribution in [3.63, 3.8) is 0 Å². The van der Waals surface area contributed by atoms with Gasteiger partial charge in [0.15, 0.2) is 0 Å². The Hall–Kier alpha value is -1.02. The number of hydrogen-bond acceptors (Lipinski definition) is 2. The molecule has 0 aliphatic heterocycles. The molecular formula is C19H29NO. The van der Waals surface area contributed by atoms with E-state index in [9.17, 15) is 0 Å². The van der Waals surface area contributed by atoms with Crippen LogP contribution in [0.15, 0.2) is 24.3 Å². The van der Waals surface area contributed by atoms with Gasteiger partial charge >= 0.3 is 0 Å². The van der Waals surface area contributed by atoms with Gasteiger partial charge in [0.1, 0.15) is 5.75 Å². The van der Waals surface area contributed by atoms with Crippen molar-refractivity contribution in [2.75, 3.05) is 19.7 Å². The van der Waals surface area contributed by atoms with Crippen molar-refractivity contribution in [2.24, 2.45) is 11.3 Å². The van der Waals surface area contributed by atoms with E-state index in [0.29, 0.717) is 5.41 Å². The lowest BCUT2D eigenvalue weighted by Gasteiger charge is -2.50. The van der Waals surface area contributed by atoms with Crippen LogP contribution in [0.4, 0.5) is 0 Å². The van der Waals surface area contributed by atoms with E-state index < -0.39 is 0 Å². The Morgan fingerprint density at radius 3 is 2.33 bits per heavy atom. The van der Waals surface area contributed by atoms with Gasteiger partial charge in [0.2, 0.25) is 0 Å². The predicted octanol–water partition coefficient (Wildman–Crippen LogP) is 4.14. The molecule has 2 aliphatic rings. The van der Waals surface area contributed by atoms with Crippen LogP contribution in [0.1, 0.15) is 52.0 Å².